The van der Waals surface area contributed by atoms with Gasteiger partial charge in [0.2, 0.25) is 0 Å². The number of fused-ring (bicyclic) bond motifs is 1. The molecule has 0 saturated heterocycles. The molecule has 0 aliphatic carbocycles. The van der Waals surface area contributed by atoms with Gasteiger partial charge in [-0.2, -0.15) is 9.61 Å². The predicted molar refractivity (Wildman–Crippen MR) is 54.5 cm³/mol. The summed E-state index contributed by atoms with van der Waals surface area (Å²) in [6, 6.07) is 3.40. The van der Waals surface area contributed by atoms with Crippen LogP contribution in [0.1, 0.15) is 31.9 Å². The van der Waals surface area contributed by atoms with Gasteiger partial charge in [0.25, 0.3) is 5.56 Å². The van der Waals surface area contributed by atoms with Crippen LogP contribution in [0.5, 0.6) is 0 Å². The van der Waals surface area contributed by atoms with Crippen molar-refractivity contribution in [1.82, 2.24) is 14.6 Å². The van der Waals surface area contributed by atoms with Crippen molar-refractivity contribution in [1.29, 1.82) is 0 Å². The number of aromatic amines is 1. The SMILES string of the molecule is CCC(C)c1cc2[nH]ccc(=O)n2n1. The fourth-order valence-corrected chi connectivity index (χ4v) is 1.39. The third kappa shape index (κ3) is 1.32. The molecule has 74 valence electrons. The Balaban J connectivity index is 2.62. The molecular formula is C10H13N3O. The van der Waals surface area contributed by atoms with E-state index < -0.39 is 0 Å². The fourth-order valence-electron chi connectivity index (χ4n) is 1.39. The van der Waals surface area contributed by atoms with E-state index >= 15 is 0 Å². The zero-order valence-electron chi connectivity index (χ0n) is 8.32. The molecule has 0 aliphatic rings. The molecule has 1 atom stereocenters. The van der Waals surface area contributed by atoms with Gasteiger partial charge in [0, 0.05) is 24.2 Å². The van der Waals surface area contributed by atoms with Gasteiger partial charge in [-0.15, -0.1) is 0 Å². The first kappa shape index (κ1) is 8.99. The molecule has 0 bridgehead atoms. The molecule has 4 heteroatoms. The first-order valence-electron chi connectivity index (χ1n) is 4.79. The molecular weight excluding hydrogens is 178 g/mol. The summed E-state index contributed by atoms with van der Waals surface area (Å²) < 4.78 is 1.40. The summed E-state index contributed by atoms with van der Waals surface area (Å²) in [4.78, 5) is 14.4. The molecule has 0 amide bonds. The Labute approximate surface area is 81.6 Å². The summed E-state index contributed by atoms with van der Waals surface area (Å²) in [6.07, 6.45) is 2.66. The first-order chi connectivity index (χ1) is 6.72. The lowest BCUT2D eigenvalue weighted by atomic mass is 10.1. The van der Waals surface area contributed by atoms with Crippen LogP contribution in [0.4, 0.5) is 0 Å². The van der Waals surface area contributed by atoms with Gasteiger partial charge in [-0.3, -0.25) is 4.79 Å². The van der Waals surface area contributed by atoms with Crippen LogP contribution in [0.25, 0.3) is 5.65 Å². The van der Waals surface area contributed by atoms with Crippen LogP contribution in [-0.4, -0.2) is 14.6 Å². The van der Waals surface area contributed by atoms with Gasteiger partial charge in [0.1, 0.15) is 5.65 Å². The zero-order valence-corrected chi connectivity index (χ0v) is 8.32. The minimum atomic E-state index is -0.0895. The molecule has 0 fully saturated rings. The standard InChI is InChI=1S/C10H13N3O/c1-3-7(2)8-6-9-11-5-4-10(14)13(9)12-8/h4-7,11H,3H2,1-2H3. The molecule has 1 unspecified atom stereocenters. The van der Waals surface area contributed by atoms with E-state index in [9.17, 15) is 4.79 Å². The molecule has 4 nitrogen and oxygen atoms in total. The first-order valence-corrected chi connectivity index (χ1v) is 4.79. The van der Waals surface area contributed by atoms with Crippen LogP contribution in [0.15, 0.2) is 23.1 Å². The molecule has 2 aromatic heterocycles. The van der Waals surface area contributed by atoms with E-state index in [4.69, 9.17) is 0 Å². The third-order valence-electron chi connectivity index (χ3n) is 2.51. The summed E-state index contributed by atoms with van der Waals surface area (Å²) in [5.41, 5.74) is 1.63. The van der Waals surface area contributed by atoms with Crippen molar-refractivity contribution in [3.63, 3.8) is 0 Å². The third-order valence-corrected chi connectivity index (χ3v) is 2.51. The largest absolute Gasteiger partial charge is 0.346 e. The summed E-state index contributed by atoms with van der Waals surface area (Å²) >= 11 is 0. The van der Waals surface area contributed by atoms with Crippen molar-refractivity contribution < 1.29 is 0 Å². The van der Waals surface area contributed by atoms with E-state index in [-0.39, 0.29) is 5.56 Å². The molecule has 2 aromatic rings. The summed E-state index contributed by atoms with van der Waals surface area (Å²) in [6.45, 7) is 4.21. The maximum Gasteiger partial charge on any atom is 0.274 e. The van der Waals surface area contributed by atoms with Gasteiger partial charge in [0.05, 0.1) is 5.69 Å². The van der Waals surface area contributed by atoms with E-state index in [1.807, 2.05) is 6.07 Å². The second kappa shape index (κ2) is 3.29. The van der Waals surface area contributed by atoms with E-state index in [0.717, 1.165) is 17.8 Å². The highest BCUT2D eigenvalue weighted by molar-refractivity contribution is 5.39. The van der Waals surface area contributed by atoms with Gasteiger partial charge >= 0.3 is 0 Å². The lowest BCUT2D eigenvalue weighted by Crippen LogP contribution is -2.12. The highest BCUT2D eigenvalue weighted by Gasteiger charge is 2.08. The van der Waals surface area contributed by atoms with Gasteiger partial charge in [0.15, 0.2) is 0 Å². The molecule has 0 aromatic carbocycles. The van der Waals surface area contributed by atoms with Crippen LogP contribution in [0, 0.1) is 0 Å². The van der Waals surface area contributed by atoms with E-state index in [1.165, 1.54) is 10.6 Å². The molecule has 1 N–H and O–H groups in total. The van der Waals surface area contributed by atoms with Crippen LogP contribution in [-0.2, 0) is 0 Å². The van der Waals surface area contributed by atoms with Crippen LogP contribution in [0.2, 0.25) is 0 Å². The molecule has 0 saturated carbocycles. The lowest BCUT2D eigenvalue weighted by molar-refractivity contribution is 0.691. The molecule has 2 heterocycles. The Hall–Kier alpha value is -1.58. The van der Waals surface area contributed by atoms with Crippen LogP contribution in [0.3, 0.4) is 0 Å². The quantitative estimate of drug-likeness (QED) is 0.782. The molecule has 0 spiro atoms. The summed E-state index contributed by atoms with van der Waals surface area (Å²) in [5, 5.41) is 4.26. The number of hydrogen-bond acceptors (Lipinski definition) is 2. The highest BCUT2D eigenvalue weighted by atomic mass is 16.1. The average Bonchev–Trinajstić information content (AvgIpc) is 2.62. The number of hydrogen-bond donors (Lipinski definition) is 1. The monoisotopic (exact) mass is 191 g/mol. The normalized spacial score (nSPS) is 13.3. The van der Waals surface area contributed by atoms with Crippen LogP contribution >= 0.6 is 0 Å². The number of nitrogens with one attached hydrogen (secondary N) is 1. The van der Waals surface area contributed by atoms with Crippen molar-refractivity contribution in [3.05, 3.63) is 34.4 Å². The van der Waals surface area contributed by atoms with Crippen molar-refractivity contribution in [2.75, 3.05) is 0 Å². The highest BCUT2D eigenvalue weighted by Crippen LogP contribution is 2.16. The van der Waals surface area contributed by atoms with Gasteiger partial charge < -0.3 is 4.98 Å². The minimum Gasteiger partial charge on any atom is -0.346 e. The van der Waals surface area contributed by atoms with Crippen molar-refractivity contribution in [3.8, 4) is 0 Å². The Morgan fingerprint density at radius 3 is 3.07 bits per heavy atom. The van der Waals surface area contributed by atoms with E-state index in [2.05, 4.69) is 23.9 Å². The molecule has 0 aliphatic heterocycles. The minimum absolute atomic E-state index is 0.0895. The Kier molecular flexibility index (Phi) is 2.11. The zero-order chi connectivity index (χ0) is 10.1. The second-order valence-corrected chi connectivity index (χ2v) is 3.49. The molecule has 0 radical (unpaired) electrons. The topological polar surface area (TPSA) is 50.2 Å². The summed E-state index contributed by atoms with van der Waals surface area (Å²) in [7, 11) is 0. The van der Waals surface area contributed by atoms with Gasteiger partial charge in [-0.25, -0.2) is 0 Å². The summed E-state index contributed by atoms with van der Waals surface area (Å²) in [5.74, 6) is 0.391. The number of nitrogens with zero attached hydrogens (tertiary/aromatic N) is 2. The number of aromatic nitrogens is 3. The second-order valence-electron chi connectivity index (χ2n) is 3.49. The Morgan fingerprint density at radius 1 is 1.64 bits per heavy atom. The van der Waals surface area contributed by atoms with Crippen molar-refractivity contribution >= 4 is 5.65 Å². The lowest BCUT2D eigenvalue weighted by Gasteiger charge is -2.00. The maximum absolute atomic E-state index is 11.4. The number of rotatable bonds is 2. The van der Waals surface area contributed by atoms with E-state index in [1.54, 1.807) is 6.20 Å². The van der Waals surface area contributed by atoms with Crippen molar-refractivity contribution in [2.45, 2.75) is 26.2 Å². The van der Waals surface area contributed by atoms with Crippen molar-refractivity contribution in [2.24, 2.45) is 0 Å². The average molecular weight is 191 g/mol. The smallest absolute Gasteiger partial charge is 0.274 e. The van der Waals surface area contributed by atoms with Gasteiger partial charge in [-0.05, 0) is 6.42 Å². The Morgan fingerprint density at radius 2 is 2.43 bits per heavy atom. The van der Waals surface area contributed by atoms with Gasteiger partial charge in [-0.1, -0.05) is 13.8 Å². The van der Waals surface area contributed by atoms with E-state index in [0.29, 0.717) is 5.92 Å². The predicted octanol–water partition coefficient (Wildman–Crippen LogP) is 1.54. The Bertz CT molecular complexity index is 497. The fraction of sp³-hybridized carbons (Fsp3) is 0.400. The molecule has 14 heavy (non-hydrogen) atoms. The maximum atomic E-state index is 11.4. The number of H-pyrrole nitrogens is 1. The van der Waals surface area contributed by atoms with Crippen LogP contribution < -0.4 is 5.56 Å². The molecule has 2 rings (SSSR count).